The van der Waals surface area contributed by atoms with Crippen LogP contribution in [0.1, 0.15) is 51.2 Å². The standard InChI is InChI=1S/C31H27F2N9O3/c1-34-23(6-7-26-36-17-27(38-26)39-30(43)20-8-12-35-25(33)16-20)29-28(19-2-4-21(32)5-3-19)37-18-42(29)22-9-13-41(14-10-22)31(44)24-11-15-45-40-24/h2-8,11-12,15-18,22H,9-10,13-14H2,1H3,(H,36,38)(H,39,43)/b7-6-,34-23+. The summed E-state index contributed by atoms with van der Waals surface area (Å²) in [6, 6.07) is 10.1. The SMILES string of the molecule is C/N=C(\C=C/c1nc(NC(=O)c2ccnc(F)c2)c[nH]1)c1c(-c2ccc(F)cc2)ncn1C1CCN(C(=O)c2ccon2)CC1. The molecule has 0 aliphatic carbocycles. The molecule has 5 aromatic rings. The Morgan fingerprint density at radius 2 is 1.91 bits per heavy atom. The van der Waals surface area contributed by atoms with Gasteiger partial charge in [0.15, 0.2) is 11.5 Å². The summed E-state index contributed by atoms with van der Waals surface area (Å²) in [6.07, 6.45) is 10.6. The Bertz CT molecular complexity index is 1870. The Hall–Kier alpha value is -5.79. The molecule has 0 unspecified atom stereocenters. The van der Waals surface area contributed by atoms with E-state index in [-0.39, 0.29) is 34.8 Å². The van der Waals surface area contributed by atoms with Crippen molar-refractivity contribution in [2.75, 3.05) is 25.5 Å². The van der Waals surface area contributed by atoms with Gasteiger partial charge in [-0.3, -0.25) is 14.6 Å². The number of amides is 2. The number of hydrogen-bond acceptors (Lipinski definition) is 8. The normalized spacial score (nSPS) is 14.3. The number of anilines is 1. The van der Waals surface area contributed by atoms with Crippen molar-refractivity contribution in [1.82, 2.24) is 34.6 Å². The van der Waals surface area contributed by atoms with Crippen molar-refractivity contribution in [2.45, 2.75) is 18.9 Å². The van der Waals surface area contributed by atoms with Gasteiger partial charge in [0.1, 0.15) is 17.9 Å². The second kappa shape index (κ2) is 12.8. The van der Waals surface area contributed by atoms with Gasteiger partial charge in [-0.15, -0.1) is 0 Å². The van der Waals surface area contributed by atoms with Gasteiger partial charge in [0.05, 0.1) is 23.4 Å². The molecule has 2 N–H and O–H groups in total. The number of hydrogen-bond donors (Lipinski definition) is 2. The smallest absolute Gasteiger partial charge is 0.276 e. The number of rotatable bonds is 8. The van der Waals surface area contributed by atoms with Crippen molar-refractivity contribution >= 4 is 29.4 Å². The molecule has 5 heterocycles. The van der Waals surface area contributed by atoms with Crippen LogP contribution in [0.5, 0.6) is 0 Å². The van der Waals surface area contributed by atoms with E-state index in [1.54, 1.807) is 48.6 Å². The van der Waals surface area contributed by atoms with Crippen molar-refractivity contribution in [3.8, 4) is 11.3 Å². The van der Waals surface area contributed by atoms with Gasteiger partial charge in [-0.05, 0) is 55.3 Å². The van der Waals surface area contributed by atoms with Crippen molar-refractivity contribution in [1.29, 1.82) is 0 Å². The highest BCUT2D eigenvalue weighted by Crippen LogP contribution is 2.31. The average Bonchev–Trinajstić information content (AvgIpc) is 3.84. The summed E-state index contributed by atoms with van der Waals surface area (Å²) in [7, 11) is 1.66. The molecule has 1 saturated heterocycles. The van der Waals surface area contributed by atoms with Gasteiger partial charge in [-0.25, -0.2) is 19.3 Å². The number of imidazole rings is 2. The lowest BCUT2D eigenvalue weighted by Gasteiger charge is -2.33. The van der Waals surface area contributed by atoms with Crippen LogP contribution in [0.25, 0.3) is 17.3 Å². The van der Waals surface area contributed by atoms with Crippen LogP contribution in [-0.2, 0) is 0 Å². The van der Waals surface area contributed by atoms with Gasteiger partial charge < -0.3 is 24.3 Å². The van der Waals surface area contributed by atoms with E-state index in [1.807, 2.05) is 4.57 Å². The molecule has 6 rings (SSSR count). The summed E-state index contributed by atoms with van der Waals surface area (Å²) < 4.78 is 34.1. The van der Waals surface area contributed by atoms with E-state index in [0.717, 1.165) is 11.8 Å². The third kappa shape index (κ3) is 6.44. The molecular weight excluding hydrogens is 584 g/mol. The molecule has 0 atom stereocenters. The van der Waals surface area contributed by atoms with Crippen LogP contribution in [0.15, 0.2) is 83.0 Å². The number of aliphatic imine (C=N–C) groups is 1. The van der Waals surface area contributed by atoms with Crippen molar-refractivity contribution in [3.63, 3.8) is 0 Å². The zero-order valence-electron chi connectivity index (χ0n) is 24.0. The van der Waals surface area contributed by atoms with Gasteiger partial charge in [0, 0.05) is 61.8 Å². The van der Waals surface area contributed by atoms with Crippen molar-refractivity contribution < 1.29 is 22.9 Å². The van der Waals surface area contributed by atoms with E-state index in [9.17, 15) is 18.4 Å². The first-order chi connectivity index (χ1) is 21.9. The number of halogens is 2. The maximum atomic E-state index is 13.8. The predicted molar refractivity (Wildman–Crippen MR) is 161 cm³/mol. The minimum absolute atomic E-state index is 0.0108. The van der Waals surface area contributed by atoms with E-state index < -0.39 is 11.9 Å². The lowest BCUT2D eigenvalue weighted by Crippen LogP contribution is -2.39. The molecule has 4 aromatic heterocycles. The molecule has 45 heavy (non-hydrogen) atoms. The quantitative estimate of drug-likeness (QED) is 0.189. The Kier molecular flexibility index (Phi) is 8.35. The molecule has 228 valence electrons. The number of likely N-dealkylation sites (tertiary alicyclic amines) is 1. The number of aromatic amines is 1. The molecule has 0 spiro atoms. The fraction of sp³-hybridized carbons (Fsp3) is 0.194. The Morgan fingerprint density at radius 3 is 2.62 bits per heavy atom. The third-order valence-electron chi connectivity index (χ3n) is 7.42. The zero-order chi connectivity index (χ0) is 31.3. The highest BCUT2D eigenvalue weighted by molar-refractivity contribution is 6.13. The molecule has 1 aromatic carbocycles. The monoisotopic (exact) mass is 611 g/mol. The Labute approximate surface area is 255 Å². The first-order valence-corrected chi connectivity index (χ1v) is 14.1. The topological polar surface area (TPSA) is 147 Å². The summed E-state index contributed by atoms with van der Waals surface area (Å²) in [5.74, 6) is -1.15. The number of allylic oxidation sites excluding steroid dienone is 1. The van der Waals surface area contributed by atoms with Gasteiger partial charge in [-0.1, -0.05) is 5.16 Å². The molecule has 1 fully saturated rings. The van der Waals surface area contributed by atoms with Crippen LogP contribution in [0, 0.1) is 11.8 Å². The molecule has 2 amide bonds. The number of pyridine rings is 1. The number of benzene rings is 1. The van der Waals surface area contributed by atoms with E-state index in [0.29, 0.717) is 48.7 Å². The Morgan fingerprint density at radius 1 is 1.11 bits per heavy atom. The van der Waals surface area contributed by atoms with Gasteiger partial charge >= 0.3 is 0 Å². The van der Waals surface area contributed by atoms with E-state index in [4.69, 9.17) is 9.51 Å². The van der Waals surface area contributed by atoms with Crippen LogP contribution in [0.4, 0.5) is 14.6 Å². The maximum absolute atomic E-state index is 13.8. The van der Waals surface area contributed by atoms with Crippen LogP contribution in [0.2, 0.25) is 0 Å². The van der Waals surface area contributed by atoms with E-state index in [1.165, 1.54) is 36.9 Å². The summed E-state index contributed by atoms with van der Waals surface area (Å²) in [6.45, 7) is 1.03. The number of piperidine rings is 1. The fourth-order valence-electron chi connectivity index (χ4n) is 5.18. The molecule has 1 aliphatic heterocycles. The van der Waals surface area contributed by atoms with Gasteiger partial charge in [-0.2, -0.15) is 4.39 Å². The third-order valence-corrected chi connectivity index (χ3v) is 7.42. The number of carbonyl (C=O) groups is 2. The largest absolute Gasteiger partial charge is 0.364 e. The van der Waals surface area contributed by atoms with E-state index in [2.05, 4.69) is 30.4 Å². The molecule has 0 bridgehead atoms. The minimum Gasteiger partial charge on any atom is -0.364 e. The van der Waals surface area contributed by atoms with E-state index >= 15 is 0 Å². The van der Waals surface area contributed by atoms with Crippen molar-refractivity contribution in [3.05, 3.63) is 108 Å². The number of aromatic nitrogens is 6. The molecule has 1 aliphatic rings. The molecular formula is C31H27F2N9O3. The van der Waals surface area contributed by atoms with Crippen LogP contribution < -0.4 is 5.32 Å². The minimum atomic E-state index is -0.760. The van der Waals surface area contributed by atoms with Crippen LogP contribution >= 0.6 is 0 Å². The van der Waals surface area contributed by atoms with Gasteiger partial charge in [0.25, 0.3) is 11.8 Å². The summed E-state index contributed by atoms with van der Waals surface area (Å²) in [5.41, 5.74) is 3.03. The first kappa shape index (κ1) is 29.3. The van der Waals surface area contributed by atoms with Gasteiger partial charge in [0.2, 0.25) is 5.95 Å². The fourth-order valence-corrected chi connectivity index (χ4v) is 5.18. The lowest BCUT2D eigenvalue weighted by molar-refractivity contribution is 0.0684. The van der Waals surface area contributed by atoms with Crippen LogP contribution in [0.3, 0.4) is 0 Å². The lowest BCUT2D eigenvalue weighted by atomic mass is 10.0. The molecule has 0 radical (unpaired) electrons. The molecule has 14 heteroatoms. The Balaban J connectivity index is 1.24. The second-order valence-electron chi connectivity index (χ2n) is 10.2. The maximum Gasteiger partial charge on any atom is 0.276 e. The highest BCUT2D eigenvalue weighted by atomic mass is 19.1. The first-order valence-electron chi connectivity index (χ1n) is 14.1. The second-order valence-corrected chi connectivity index (χ2v) is 10.2. The molecule has 0 saturated carbocycles. The zero-order valence-corrected chi connectivity index (χ0v) is 24.0. The summed E-state index contributed by atoms with van der Waals surface area (Å²) >= 11 is 0. The van der Waals surface area contributed by atoms with Crippen molar-refractivity contribution in [2.24, 2.45) is 4.99 Å². The summed E-state index contributed by atoms with van der Waals surface area (Å²) in [4.78, 5) is 47.1. The highest BCUT2D eigenvalue weighted by Gasteiger charge is 2.29. The number of nitrogens with one attached hydrogen (secondary N) is 2. The predicted octanol–water partition coefficient (Wildman–Crippen LogP) is 4.80. The molecule has 12 nitrogen and oxygen atoms in total. The number of carbonyl (C=O) groups excluding carboxylic acids is 2. The average molecular weight is 612 g/mol. The number of nitrogens with zero attached hydrogens (tertiary/aromatic N) is 7. The number of H-pyrrole nitrogens is 1. The van der Waals surface area contributed by atoms with Crippen LogP contribution in [-0.4, -0.2) is 72.2 Å². The summed E-state index contributed by atoms with van der Waals surface area (Å²) in [5, 5.41) is 6.38.